The van der Waals surface area contributed by atoms with Crippen LogP contribution in [0.4, 0.5) is 17.1 Å². The maximum absolute atomic E-state index is 12.7. The third-order valence-corrected chi connectivity index (χ3v) is 6.70. The van der Waals surface area contributed by atoms with Gasteiger partial charge in [-0.15, -0.1) is 0 Å². The molecule has 1 aromatic heterocycles. The number of aromatic nitrogens is 1. The third kappa shape index (κ3) is 6.01. The highest BCUT2D eigenvalue weighted by molar-refractivity contribution is 5.95. The van der Waals surface area contributed by atoms with E-state index in [1.165, 1.54) is 5.56 Å². The van der Waals surface area contributed by atoms with Gasteiger partial charge >= 0.3 is 0 Å². The Morgan fingerprint density at radius 1 is 1.00 bits per heavy atom. The molecule has 0 spiro atoms. The molecule has 0 radical (unpaired) electrons. The Kier molecular flexibility index (Phi) is 7.42. The van der Waals surface area contributed by atoms with E-state index in [4.69, 9.17) is 4.74 Å². The molecule has 5 rings (SSSR count). The van der Waals surface area contributed by atoms with Crippen LogP contribution in [0, 0.1) is 0 Å². The number of ether oxygens (including phenoxy) is 1. The monoisotopic (exact) mass is 485 g/mol. The topological polar surface area (TPSA) is 86.8 Å². The molecule has 8 nitrogen and oxygen atoms in total. The minimum Gasteiger partial charge on any atom is -0.484 e. The van der Waals surface area contributed by atoms with Crippen LogP contribution >= 0.6 is 0 Å². The first kappa shape index (κ1) is 23.8. The molecule has 36 heavy (non-hydrogen) atoms. The molecule has 0 saturated carbocycles. The summed E-state index contributed by atoms with van der Waals surface area (Å²) in [4.78, 5) is 33.1. The zero-order valence-corrected chi connectivity index (χ0v) is 20.3. The Bertz CT molecular complexity index is 1210. The van der Waals surface area contributed by atoms with Gasteiger partial charge in [0, 0.05) is 57.2 Å². The summed E-state index contributed by atoms with van der Waals surface area (Å²) in [7, 11) is 0. The number of fused-ring (bicyclic) bond motifs is 1. The molecule has 3 heterocycles. The predicted molar refractivity (Wildman–Crippen MR) is 141 cm³/mol. The number of carbonyl (C=O) groups excluding carboxylic acids is 2. The quantitative estimate of drug-likeness (QED) is 0.509. The Morgan fingerprint density at radius 3 is 2.64 bits per heavy atom. The first-order chi connectivity index (χ1) is 17.6. The van der Waals surface area contributed by atoms with Crippen molar-refractivity contribution in [3.63, 3.8) is 0 Å². The summed E-state index contributed by atoms with van der Waals surface area (Å²) in [5.74, 6) is 0.446. The summed E-state index contributed by atoms with van der Waals surface area (Å²) in [6.45, 7) is 4.73. The maximum atomic E-state index is 12.7. The lowest BCUT2D eigenvalue weighted by Gasteiger charge is -2.37. The highest BCUT2D eigenvalue weighted by Crippen LogP contribution is 2.28. The number of anilines is 3. The minimum absolute atomic E-state index is 0.0283. The van der Waals surface area contributed by atoms with Gasteiger partial charge in [0.2, 0.25) is 5.91 Å². The van der Waals surface area contributed by atoms with Crippen molar-refractivity contribution in [1.29, 1.82) is 0 Å². The standard InChI is InChI=1S/C28H31N5O3/c34-27-8-5-22-19-23(6-7-24(22)30-27)36-20-28(35)31-25-3-1-2-4-26(25)33-17-15-32(16-18-33)14-11-21-9-12-29-13-10-21/h1-4,6-7,9-10,12-13,19H,5,8,11,14-18,20H2,(H,30,34)(H,31,35). The fourth-order valence-electron chi connectivity index (χ4n) is 4.69. The van der Waals surface area contributed by atoms with Crippen molar-refractivity contribution < 1.29 is 14.3 Å². The largest absolute Gasteiger partial charge is 0.484 e. The van der Waals surface area contributed by atoms with Gasteiger partial charge < -0.3 is 20.3 Å². The van der Waals surface area contributed by atoms with Crippen molar-refractivity contribution in [2.45, 2.75) is 19.3 Å². The Balaban J connectivity index is 1.13. The lowest BCUT2D eigenvalue weighted by atomic mass is 10.0. The van der Waals surface area contributed by atoms with Gasteiger partial charge in [-0.05, 0) is 66.4 Å². The van der Waals surface area contributed by atoms with E-state index in [2.05, 4.69) is 43.6 Å². The molecule has 1 saturated heterocycles. The molecular formula is C28H31N5O3. The average Bonchev–Trinajstić information content (AvgIpc) is 2.92. The molecule has 8 heteroatoms. The van der Waals surface area contributed by atoms with Crippen molar-refractivity contribution in [2.75, 3.05) is 54.9 Å². The predicted octanol–water partition coefficient (Wildman–Crippen LogP) is 3.35. The van der Waals surface area contributed by atoms with Gasteiger partial charge in [0.1, 0.15) is 5.75 Å². The fourth-order valence-corrected chi connectivity index (χ4v) is 4.69. The van der Waals surface area contributed by atoms with Crippen LogP contribution in [-0.2, 0) is 22.4 Å². The van der Waals surface area contributed by atoms with Gasteiger partial charge in [-0.3, -0.25) is 19.5 Å². The van der Waals surface area contributed by atoms with Crippen molar-refractivity contribution in [1.82, 2.24) is 9.88 Å². The van der Waals surface area contributed by atoms with E-state index >= 15 is 0 Å². The number of pyridine rings is 1. The van der Waals surface area contributed by atoms with Gasteiger partial charge in [-0.2, -0.15) is 0 Å². The summed E-state index contributed by atoms with van der Waals surface area (Å²) in [6, 6.07) is 17.6. The van der Waals surface area contributed by atoms with E-state index in [-0.39, 0.29) is 18.4 Å². The zero-order valence-electron chi connectivity index (χ0n) is 20.3. The first-order valence-corrected chi connectivity index (χ1v) is 12.4. The average molecular weight is 486 g/mol. The van der Waals surface area contributed by atoms with Crippen LogP contribution in [0.25, 0.3) is 0 Å². The van der Waals surface area contributed by atoms with Gasteiger partial charge in [0.15, 0.2) is 6.61 Å². The Labute approximate surface area is 211 Å². The number of hydrogen-bond donors (Lipinski definition) is 2. The molecule has 0 atom stereocenters. The Morgan fingerprint density at radius 2 is 1.81 bits per heavy atom. The zero-order chi connectivity index (χ0) is 24.7. The van der Waals surface area contributed by atoms with Crippen molar-refractivity contribution in [2.24, 2.45) is 0 Å². The molecule has 3 aromatic rings. The van der Waals surface area contributed by atoms with Crippen molar-refractivity contribution in [3.8, 4) is 5.75 Å². The molecule has 0 bridgehead atoms. The lowest BCUT2D eigenvalue weighted by Crippen LogP contribution is -2.47. The molecular weight excluding hydrogens is 454 g/mol. The summed E-state index contributed by atoms with van der Waals surface area (Å²) in [5.41, 5.74) is 4.98. The van der Waals surface area contributed by atoms with Crippen LogP contribution in [0.15, 0.2) is 67.0 Å². The number of nitrogens with one attached hydrogen (secondary N) is 2. The SMILES string of the molecule is O=C1CCc2cc(OCC(=O)Nc3ccccc3N3CCN(CCc4ccncc4)CC3)ccc2N1. The molecule has 2 aromatic carbocycles. The van der Waals surface area contributed by atoms with Crippen LogP contribution in [-0.4, -0.2) is 61.0 Å². The number of piperazine rings is 1. The van der Waals surface area contributed by atoms with E-state index in [0.29, 0.717) is 18.6 Å². The summed E-state index contributed by atoms with van der Waals surface area (Å²) in [6.07, 6.45) is 5.85. The van der Waals surface area contributed by atoms with E-state index in [9.17, 15) is 9.59 Å². The van der Waals surface area contributed by atoms with E-state index in [1.807, 2.05) is 42.7 Å². The lowest BCUT2D eigenvalue weighted by molar-refractivity contribution is -0.118. The molecule has 186 valence electrons. The smallest absolute Gasteiger partial charge is 0.262 e. The number of para-hydroxylation sites is 2. The van der Waals surface area contributed by atoms with Crippen LogP contribution < -0.4 is 20.3 Å². The molecule has 2 aliphatic rings. The molecule has 2 amide bonds. The number of benzene rings is 2. The maximum Gasteiger partial charge on any atom is 0.262 e. The van der Waals surface area contributed by atoms with Gasteiger partial charge in [0.25, 0.3) is 5.91 Å². The van der Waals surface area contributed by atoms with Crippen molar-refractivity contribution >= 4 is 28.9 Å². The summed E-state index contributed by atoms with van der Waals surface area (Å²) < 4.78 is 5.75. The number of rotatable bonds is 8. The number of nitrogens with zero attached hydrogens (tertiary/aromatic N) is 3. The third-order valence-electron chi connectivity index (χ3n) is 6.70. The first-order valence-electron chi connectivity index (χ1n) is 12.4. The van der Waals surface area contributed by atoms with Crippen LogP contribution in [0.2, 0.25) is 0 Å². The second-order valence-corrected chi connectivity index (χ2v) is 9.16. The van der Waals surface area contributed by atoms with Crippen LogP contribution in [0.1, 0.15) is 17.5 Å². The van der Waals surface area contributed by atoms with Gasteiger partial charge in [0.05, 0.1) is 11.4 Å². The molecule has 0 aliphatic carbocycles. The van der Waals surface area contributed by atoms with Crippen molar-refractivity contribution in [3.05, 3.63) is 78.1 Å². The van der Waals surface area contributed by atoms with Crippen LogP contribution in [0.3, 0.4) is 0 Å². The molecule has 0 unspecified atom stereocenters. The highest BCUT2D eigenvalue weighted by Gasteiger charge is 2.20. The van der Waals surface area contributed by atoms with Crippen LogP contribution in [0.5, 0.6) is 5.75 Å². The van der Waals surface area contributed by atoms with E-state index in [1.54, 1.807) is 6.07 Å². The number of carbonyl (C=O) groups is 2. The molecule has 2 N–H and O–H groups in total. The fraction of sp³-hybridized carbons (Fsp3) is 0.321. The second kappa shape index (κ2) is 11.2. The van der Waals surface area contributed by atoms with Gasteiger partial charge in [-0.1, -0.05) is 12.1 Å². The number of aryl methyl sites for hydroxylation is 1. The molecule has 1 fully saturated rings. The van der Waals surface area contributed by atoms with Gasteiger partial charge in [-0.25, -0.2) is 0 Å². The molecule has 2 aliphatic heterocycles. The van der Waals surface area contributed by atoms with E-state index < -0.39 is 0 Å². The normalized spacial score (nSPS) is 15.7. The number of amides is 2. The summed E-state index contributed by atoms with van der Waals surface area (Å²) in [5, 5.41) is 5.88. The minimum atomic E-state index is -0.204. The highest BCUT2D eigenvalue weighted by atomic mass is 16.5. The number of hydrogen-bond acceptors (Lipinski definition) is 6. The van der Waals surface area contributed by atoms with E-state index in [0.717, 1.165) is 61.8 Å². The second-order valence-electron chi connectivity index (χ2n) is 9.16. The Hall–Kier alpha value is -3.91. The summed E-state index contributed by atoms with van der Waals surface area (Å²) >= 11 is 0.